The Labute approximate surface area is 135 Å². The Kier molecular flexibility index (Phi) is 19.0. The minimum Gasteiger partial charge on any atom is -0.0845 e. The van der Waals surface area contributed by atoms with Gasteiger partial charge in [0.05, 0.1) is 0 Å². The van der Waals surface area contributed by atoms with Crippen LogP contribution in [0.15, 0.2) is 24.3 Å². The lowest BCUT2D eigenvalue weighted by Gasteiger charge is -2.01. The van der Waals surface area contributed by atoms with Crippen LogP contribution in [0.5, 0.6) is 0 Å². The van der Waals surface area contributed by atoms with Crippen LogP contribution < -0.4 is 0 Å². The van der Waals surface area contributed by atoms with Gasteiger partial charge in [0, 0.05) is 0 Å². The molecular weight excluding hydrogens is 252 g/mol. The van der Waals surface area contributed by atoms with Gasteiger partial charge in [-0.1, -0.05) is 109 Å². The average Bonchev–Trinajstić information content (AvgIpc) is 2.50. The van der Waals surface area contributed by atoms with Crippen LogP contribution in [0.4, 0.5) is 0 Å². The largest absolute Gasteiger partial charge is 0.0845 e. The zero-order chi connectivity index (χ0) is 15.4. The zero-order valence-electron chi connectivity index (χ0n) is 14.9. The molecule has 0 amide bonds. The van der Waals surface area contributed by atoms with Crippen molar-refractivity contribution in [3.63, 3.8) is 0 Å². The second-order valence-electron chi connectivity index (χ2n) is 6.32. The molecule has 0 nitrogen and oxygen atoms in total. The molecule has 0 unspecified atom stereocenters. The third-order valence-corrected chi connectivity index (χ3v) is 4.08. The summed E-state index contributed by atoms with van der Waals surface area (Å²) >= 11 is 0. The summed E-state index contributed by atoms with van der Waals surface area (Å²) in [5.41, 5.74) is 0. The van der Waals surface area contributed by atoms with E-state index in [2.05, 4.69) is 38.2 Å². The van der Waals surface area contributed by atoms with Crippen LogP contribution in [0.2, 0.25) is 0 Å². The van der Waals surface area contributed by atoms with Gasteiger partial charge in [0.15, 0.2) is 0 Å². The van der Waals surface area contributed by atoms with Crippen molar-refractivity contribution in [2.45, 2.75) is 110 Å². The summed E-state index contributed by atoms with van der Waals surface area (Å²) in [6.07, 6.45) is 30.0. The van der Waals surface area contributed by atoms with Crippen LogP contribution in [-0.4, -0.2) is 0 Å². The van der Waals surface area contributed by atoms with Crippen LogP contribution in [0.3, 0.4) is 0 Å². The molecule has 0 aromatic heterocycles. The highest BCUT2D eigenvalue weighted by Crippen LogP contribution is 2.11. The van der Waals surface area contributed by atoms with Gasteiger partial charge in [-0.05, 0) is 25.7 Å². The van der Waals surface area contributed by atoms with Gasteiger partial charge in [-0.15, -0.1) is 0 Å². The molecule has 0 saturated heterocycles. The van der Waals surface area contributed by atoms with Gasteiger partial charge >= 0.3 is 0 Å². The Bertz CT molecular complexity index is 224. The number of hydrogen-bond donors (Lipinski definition) is 0. The maximum Gasteiger partial charge on any atom is -0.0348 e. The summed E-state index contributed by atoms with van der Waals surface area (Å²) in [6.45, 7) is 4.55. The molecule has 0 atom stereocenters. The summed E-state index contributed by atoms with van der Waals surface area (Å²) in [7, 11) is 0. The second kappa shape index (κ2) is 19.5. The fourth-order valence-electron chi connectivity index (χ4n) is 2.61. The third kappa shape index (κ3) is 19.5. The summed E-state index contributed by atoms with van der Waals surface area (Å²) < 4.78 is 0. The monoisotopic (exact) mass is 292 g/mol. The Balaban J connectivity index is 3.10. The van der Waals surface area contributed by atoms with Crippen LogP contribution in [0, 0.1) is 0 Å². The topological polar surface area (TPSA) is 0 Å². The van der Waals surface area contributed by atoms with Crippen molar-refractivity contribution in [2.75, 3.05) is 0 Å². The van der Waals surface area contributed by atoms with Crippen molar-refractivity contribution in [1.29, 1.82) is 0 Å². The number of rotatable bonds is 16. The molecule has 21 heavy (non-hydrogen) atoms. The zero-order valence-corrected chi connectivity index (χ0v) is 14.9. The van der Waals surface area contributed by atoms with E-state index in [1.807, 2.05) is 0 Å². The van der Waals surface area contributed by atoms with E-state index in [-0.39, 0.29) is 0 Å². The molecule has 0 aliphatic heterocycles. The summed E-state index contributed by atoms with van der Waals surface area (Å²) in [4.78, 5) is 0. The minimum absolute atomic E-state index is 1.25. The molecule has 0 heteroatoms. The average molecular weight is 293 g/mol. The molecule has 0 aromatic rings. The van der Waals surface area contributed by atoms with Gasteiger partial charge in [-0.3, -0.25) is 0 Å². The van der Waals surface area contributed by atoms with Gasteiger partial charge in [-0.2, -0.15) is 0 Å². The highest BCUT2D eigenvalue weighted by atomic mass is 14.0. The van der Waals surface area contributed by atoms with E-state index in [4.69, 9.17) is 0 Å². The van der Waals surface area contributed by atoms with Crippen LogP contribution in [0.25, 0.3) is 0 Å². The van der Waals surface area contributed by atoms with Crippen LogP contribution in [-0.2, 0) is 0 Å². The van der Waals surface area contributed by atoms with Gasteiger partial charge in [0.2, 0.25) is 0 Å². The highest BCUT2D eigenvalue weighted by molar-refractivity contribution is 5.02. The summed E-state index contributed by atoms with van der Waals surface area (Å²) in [6, 6.07) is 0. The molecule has 0 fully saturated rings. The van der Waals surface area contributed by atoms with Crippen molar-refractivity contribution in [2.24, 2.45) is 0 Å². The fraction of sp³-hybridized carbons (Fsp3) is 0.810. The van der Waals surface area contributed by atoms with Crippen LogP contribution in [0.1, 0.15) is 110 Å². The third-order valence-electron chi connectivity index (χ3n) is 4.08. The van der Waals surface area contributed by atoms with Crippen LogP contribution >= 0.6 is 0 Å². The summed E-state index contributed by atoms with van der Waals surface area (Å²) in [5, 5.41) is 0. The fourth-order valence-corrected chi connectivity index (χ4v) is 2.61. The normalized spacial score (nSPS) is 11.9. The maximum atomic E-state index is 2.33. The van der Waals surface area contributed by atoms with E-state index in [0.717, 1.165) is 0 Å². The van der Waals surface area contributed by atoms with Gasteiger partial charge < -0.3 is 0 Å². The van der Waals surface area contributed by atoms with E-state index in [1.165, 1.54) is 96.3 Å². The van der Waals surface area contributed by atoms with Crippen molar-refractivity contribution in [1.82, 2.24) is 0 Å². The molecule has 0 radical (unpaired) electrons. The first kappa shape index (κ1) is 20.5. The quantitative estimate of drug-likeness (QED) is 0.200. The molecule has 124 valence electrons. The summed E-state index contributed by atoms with van der Waals surface area (Å²) in [5.74, 6) is 0. The maximum absolute atomic E-state index is 2.33. The predicted octanol–water partition coefficient (Wildman–Crippen LogP) is 7.99. The molecule has 0 rings (SSSR count). The molecule has 0 saturated carbocycles. The highest BCUT2D eigenvalue weighted by Gasteiger charge is 1.91. The molecule has 0 bridgehead atoms. The molecule has 0 spiro atoms. The van der Waals surface area contributed by atoms with Gasteiger partial charge in [0.25, 0.3) is 0 Å². The number of hydrogen-bond acceptors (Lipinski definition) is 0. The van der Waals surface area contributed by atoms with Crippen molar-refractivity contribution >= 4 is 0 Å². The Morgan fingerprint density at radius 1 is 0.429 bits per heavy atom. The number of unbranched alkanes of at least 4 members (excludes halogenated alkanes) is 13. The number of allylic oxidation sites excluding steroid dienone is 4. The lowest BCUT2D eigenvalue weighted by molar-refractivity contribution is 0.557. The lowest BCUT2D eigenvalue weighted by Crippen LogP contribution is -1.81. The van der Waals surface area contributed by atoms with Gasteiger partial charge in [0.1, 0.15) is 0 Å². The molecule has 0 heterocycles. The molecule has 0 aliphatic rings. The molecule has 0 aliphatic carbocycles. The van der Waals surface area contributed by atoms with Crippen molar-refractivity contribution in [3.8, 4) is 0 Å². The SMILES string of the molecule is CCCCCC=CC=CCCCCCCCCCCCC. The second-order valence-corrected chi connectivity index (χ2v) is 6.32. The first-order valence-corrected chi connectivity index (χ1v) is 9.73. The van der Waals surface area contributed by atoms with E-state index in [0.29, 0.717) is 0 Å². The Morgan fingerprint density at radius 2 is 0.762 bits per heavy atom. The van der Waals surface area contributed by atoms with E-state index in [1.54, 1.807) is 0 Å². The Morgan fingerprint density at radius 3 is 1.24 bits per heavy atom. The Hall–Kier alpha value is -0.520. The van der Waals surface area contributed by atoms with Gasteiger partial charge in [-0.25, -0.2) is 0 Å². The first-order valence-electron chi connectivity index (χ1n) is 9.73. The lowest BCUT2D eigenvalue weighted by atomic mass is 10.1. The molecular formula is C21H40. The van der Waals surface area contributed by atoms with E-state index < -0.39 is 0 Å². The smallest absolute Gasteiger partial charge is 0.0348 e. The molecule has 0 aromatic carbocycles. The van der Waals surface area contributed by atoms with E-state index in [9.17, 15) is 0 Å². The van der Waals surface area contributed by atoms with E-state index >= 15 is 0 Å². The molecule has 0 N–H and O–H groups in total. The first-order chi connectivity index (χ1) is 10.4. The predicted molar refractivity (Wildman–Crippen MR) is 98.9 cm³/mol. The van der Waals surface area contributed by atoms with Crippen molar-refractivity contribution < 1.29 is 0 Å². The standard InChI is InChI=1S/C21H40/c1-3-5-7-9-11-13-15-17-19-21-20-18-16-14-12-10-8-6-4-2/h11,13,15,17H,3-10,12,14,16,18-21H2,1-2H3. The van der Waals surface area contributed by atoms with Crippen molar-refractivity contribution in [3.05, 3.63) is 24.3 Å². The minimum atomic E-state index is 1.25.